The molecule has 3 rings (SSSR count). The summed E-state index contributed by atoms with van der Waals surface area (Å²) in [5.41, 5.74) is 2.56. The van der Waals surface area contributed by atoms with Crippen molar-refractivity contribution in [1.82, 2.24) is 24.9 Å². The zero-order valence-electron chi connectivity index (χ0n) is 10.3. The second-order valence-electron chi connectivity index (χ2n) is 3.83. The summed E-state index contributed by atoms with van der Waals surface area (Å²) < 4.78 is 0. The van der Waals surface area contributed by atoms with Gasteiger partial charge >= 0.3 is 0 Å². The molecular weight excluding hydrogens is 260 g/mol. The highest BCUT2D eigenvalue weighted by Gasteiger charge is 2.07. The van der Waals surface area contributed by atoms with E-state index in [1.807, 2.05) is 25.2 Å². The first-order valence-electron chi connectivity index (χ1n) is 5.77. The third-order valence-corrected chi connectivity index (χ3v) is 3.63. The summed E-state index contributed by atoms with van der Waals surface area (Å²) in [5, 5.41) is 3.92. The van der Waals surface area contributed by atoms with Crippen LogP contribution in [-0.4, -0.2) is 32.0 Å². The first-order chi connectivity index (χ1) is 9.36. The molecule has 0 radical (unpaired) electrons. The molecule has 0 amide bonds. The van der Waals surface area contributed by atoms with E-state index in [2.05, 4.69) is 30.2 Å². The first kappa shape index (κ1) is 11.9. The van der Waals surface area contributed by atoms with Gasteiger partial charge in [0.1, 0.15) is 22.7 Å². The first-order valence-corrected chi connectivity index (χ1v) is 6.76. The van der Waals surface area contributed by atoms with Crippen molar-refractivity contribution in [2.24, 2.45) is 0 Å². The molecule has 3 heterocycles. The molecule has 6 nitrogen and oxygen atoms in total. The smallest absolute Gasteiger partial charge is 0.181 e. The molecule has 0 aliphatic carbocycles. The number of anilines is 1. The van der Waals surface area contributed by atoms with Gasteiger partial charge in [-0.15, -0.1) is 0 Å². The fourth-order valence-corrected chi connectivity index (χ4v) is 2.56. The average Bonchev–Trinajstić information content (AvgIpc) is 2.94. The highest BCUT2D eigenvalue weighted by Crippen LogP contribution is 2.25. The van der Waals surface area contributed by atoms with Crippen LogP contribution in [0.25, 0.3) is 11.2 Å². The summed E-state index contributed by atoms with van der Waals surface area (Å²) in [6.07, 6.45) is 3.16. The van der Waals surface area contributed by atoms with Gasteiger partial charge in [-0.2, -0.15) is 0 Å². The Morgan fingerprint density at radius 3 is 3.11 bits per heavy atom. The van der Waals surface area contributed by atoms with Crippen molar-refractivity contribution in [2.45, 2.75) is 10.8 Å². The number of hydrogen-bond donors (Lipinski definition) is 2. The molecule has 0 bridgehead atoms. The summed E-state index contributed by atoms with van der Waals surface area (Å²) in [6.45, 7) is 0. The Morgan fingerprint density at radius 1 is 1.26 bits per heavy atom. The second kappa shape index (κ2) is 5.23. The maximum Gasteiger partial charge on any atom is 0.181 e. The van der Waals surface area contributed by atoms with Gasteiger partial charge in [-0.3, -0.25) is 0 Å². The summed E-state index contributed by atoms with van der Waals surface area (Å²) >= 11 is 1.61. The quantitative estimate of drug-likeness (QED) is 0.559. The number of aromatic nitrogens is 5. The van der Waals surface area contributed by atoms with E-state index in [1.54, 1.807) is 18.1 Å². The van der Waals surface area contributed by atoms with Crippen LogP contribution in [0.2, 0.25) is 0 Å². The standard InChI is InChI=1S/C12H12N6S/c1-13-9-4-2-3-8(18-9)5-19-12-10-11(15-6-14-10)16-7-17-12/h2-4,6-7H,5H2,1H3,(H,13,18)(H,14,15,16,17). The number of H-pyrrole nitrogens is 1. The van der Waals surface area contributed by atoms with Crippen molar-refractivity contribution >= 4 is 28.7 Å². The third-order valence-electron chi connectivity index (χ3n) is 2.61. The van der Waals surface area contributed by atoms with E-state index < -0.39 is 0 Å². The van der Waals surface area contributed by atoms with Gasteiger partial charge in [-0.05, 0) is 12.1 Å². The highest BCUT2D eigenvalue weighted by atomic mass is 32.2. The average molecular weight is 272 g/mol. The van der Waals surface area contributed by atoms with Gasteiger partial charge in [0.25, 0.3) is 0 Å². The van der Waals surface area contributed by atoms with Crippen LogP contribution in [0.15, 0.2) is 35.9 Å². The van der Waals surface area contributed by atoms with Crippen LogP contribution in [0.4, 0.5) is 5.82 Å². The molecule has 3 aromatic heterocycles. The predicted octanol–water partition coefficient (Wildman–Crippen LogP) is 2.08. The van der Waals surface area contributed by atoms with Crippen LogP contribution < -0.4 is 5.32 Å². The fourth-order valence-electron chi connectivity index (χ4n) is 1.69. The lowest BCUT2D eigenvalue weighted by Gasteiger charge is -2.04. The third kappa shape index (κ3) is 2.50. The summed E-state index contributed by atoms with van der Waals surface area (Å²) in [6, 6.07) is 5.92. The molecular formula is C12H12N6S. The minimum Gasteiger partial charge on any atom is -0.373 e. The molecule has 0 aliphatic rings. The Bertz CT molecular complexity index is 695. The van der Waals surface area contributed by atoms with E-state index in [9.17, 15) is 0 Å². The summed E-state index contributed by atoms with van der Waals surface area (Å²) in [7, 11) is 1.86. The Balaban J connectivity index is 1.80. The molecule has 7 heteroatoms. The predicted molar refractivity (Wildman–Crippen MR) is 75.0 cm³/mol. The number of aromatic amines is 1. The van der Waals surface area contributed by atoms with E-state index in [1.165, 1.54) is 6.33 Å². The van der Waals surface area contributed by atoms with Gasteiger partial charge in [0.15, 0.2) is 5.65 Å². The number of pyridine rings is 1. The van der Waals surface area contributed by atoms with Crippen LogP contribution in [0, 0.1) is 0 Å². The molecule has 0 saturated heterocycles. The fraction of sp³-hybridized carbons (Fsp3) is 0.167. The second-order valence-corrected chi connectivity index (χ2v) is 4.80. The molecule has 0 fully saturated rings. The lowest BCUT2D eigenvalue weighted by atomic mass is 10.4. The van der Waals surface area contributed by atoms with Crippen LogP contribution in [0.1, 0.15) is 5.69 Å². The molecule has 0 spiro atoms. The largest absolute Gasteiger partial charge is 0.373 e. The van der Waals surface area contributed by atoms with Crippen molar-refractivity contribution < 1.29 is 0 Å². The molecule has 2 N–H and O–H groups in total. The lowest BCUT2D eigenvalue weighted by Crippen LogP contribution is -1.95. The van der Waals surface area contributed by atoms with Gasteiger partial charge in [0.2, 0.25) is 0 Å². The van der Waals surface area contributed by atoms with E-state index in [-0.39, 0.29) is 0 Å². The Morgan fingerprint density at radius 2 is 2.21 bits per heavy atom. The van der Waals surface area contributed by atoms with Gasteiger partial charge in [-0.1, -0.05) is 17.8 Å². The monoisotopic (exact) mass is 272 g/mol. The molecule has 19 heavy (non-hydrogen) atoms. The number of nitrogens with zero attached hydrogens (tertiary/aromatic N) is 4. The number of fused-ring (bicyclic) bond motifs is 1. The highest BCUT2D eigenvalue weighted by molar-refractivity contribution is 7.98. The number of thioether (sulfide) groups is 1. The number of nitrogens with one attached hydrogen (secondary N) is 2. The zero-order chi connectivity index (χ0) is 13.1. The van der Waals surface area contributed by atoms with Crippen molar-refractivity contribution in [1.29, 1.82) is 0 Å². The number of rotatable bonds is 4. The van der Waals surface area contributed by atoms with Gasteiger partial charge in [0, 0.05) is 12.8 Å². The molecule has 0 aromatic carbocycles. The number of hydrogen-bond acceptors (Lipinski definition) is 6. The van der Waals surface area contributed by atoms with Gasteiger partial charge < -0.3 is 10.3 Å². The molecule has 0 aliphatic heterocycles. The SMILES string of the molecule is CNc1cccc(CSc2ncnc3nc[nH]c23)n1. The van der Waals surface area contributed by atoms with Gasteiger partial charge in [-0.25, -0.2) is 19.9 Å². The van der Waals surface area contributed by atoms with Crippen LogP contribution >= 0.6 is 11.8 Å². The van der Waals surface area contributed by atoms with Crippen LogP contribution in [0.3, 0.4) is 0 Å². The maximum atomic E-state index is 4.47. The molecule has 96 valence electrons. The topological polar surface area (TPSA) is 79.4 Å². The van der Waals surface area contributed by atoms with Crippen molar-refractivity contribution in [3.05, 3.63) is 36.5 Å². The zero-order valence-corrected chi connectivity index (χ0v) is 11.1. The minimum absolute atomic E-state index is 0.689. The van der Waals surface area contributed by atoms with E-state index >= 15 is 0 Å². The summed E-state index contributed by atoms with van der Waals surface area (Å²) in [4.78, 5) is 20.0. The van der Waals surface area contributed by atoms with Crippen molar-refractivity contribution in [3.8, 4) is 0 Å². The molecule has 0 unspecified atom stereocenters. The van der Waals surface area contributed by atoms with Crippen LogP contribution in [-0.2, 0) is 5.75 Å². The molecule has 0 saturated carbocycles. The Kier molecular flexibility index (Phi) is 3.28. The maximum absolute atomic E-state index is 4.47. The van der Waals surface area contributed by atoms with E-state index in [4.69, 9.17) is 0 Å². The molecule has 0 atom stereocenters. The molecule has 3 aromatic rings. The van der Waals surface area contributed by atoms with E-state index in [0.29, 0.717) is 5.65 Å². The summed E-state index contributed by atoms with van der Waals surface area (Å²) in [5.74, 6) is 1.62. The minimum atomic E-state index is 0.689. The van der Waals surface area contributed by atoms with Crippen molar-refractivity contribution in [3.63, 3.8) is 0 Å². The van der Waals surface area contributed by atoms with Crippen LogP contribution in [0.5, 0.6) is 0 Å². The Hall–Kier alpha value is -2.15. The van der Waals surface area contributed by atoms with Crippen molar-refractivity contribution in [2.75, 3.05) is 12.4 Å². The Labute approximate surface area is 114 Å². The number of imidazole rings is 1. The van der Waals surface area contributed by atoms with E-state index in [0.717, 1.165) is 27.8 Å². The van der Waals surface area contributed by atoms with Gasteiger partial charge in [0.05, 0.1) is 12.0 Å². The normalized spacial score (nSPS) is 10.8. The lowest BCUT2D eigenvalue weighted by molar-refractivity contribution is 1.08.